The van der Waals surface area contributed by atoms with Crippen LogP contribution in [0.25, 0.3) is 0 Å². The van der Waals surface area contributed by atoms with Crippen LogP contribution in [-0.4, -0.2) is 12.9 Å². The standard InChI is InChI=1S/C16H16O3/c1-12(17)14-9-7-13(8-10-14)11-19-16-6-4-3-5-15(16)18-2/h3-10H,11H2,1-2H3. The number of rotatable bonds is 5. The van der Waals surface area contributed by atoms with E-state index in [0.717, 1.165) is 5.56 Å². The summed E-state index contributed by atoms with van der Waals surface area (Å²) in [5, 5.41) is 0. The molecule has 0 atom stereocenters. The molecule has 3 nitrogen and oxygen atoms in total. The maximum atomic E-state index is 11.2. The van der Waals surface area contributed by atoms with Gasteiger partial charge in [0.25, 0.3) is 0 Å². The molecule has 2 aromatic rings. The number of para-hydroxylation sites is 2. The highest BCUT2D eigenvalue weighted by Gasteiger charge is 2.03. The highest BCUT2D eigenvalue weighted by Crippen LogP contribution is 2.26. The Hall–Kier alpha value is -2.29. The van der Waals surface area contributed by atoms with Crippen molar-refractivity contribution < 1.29 is 14.3 Å². The van der Waals surface area contributed by atoms with Gasteiger partial charge in [-0.1, -0.05) is 36.4 Å². The van der Waals surface area contributed by atoms with Gasteiger partial charge in [-0.15, -0.1) is 0 Å². The SMILES string of the molecule is COc1ccccc1OCc1ccc(C(C)=O)cc1. The quantitative estimate of drug-likeness (QED) is 0.768. The molecule has 0 aliphatic rings. The number of methoxy groups -OCH3 is 1. The van der Waals surface area contributed by atoms with Gasteiger partial charge in [-0.2, -0.15) is 0 Å². The van der Waals surface area contributed by atoms with E-state index in [1.54, 1.807) is 14.0 Å². The van der Waals surface area contributed by atoms with Crippen LogP contribution in [0.4, 0.5) is 0 Å². The van der Waals surface area contributed by atoms with Crippen molar-refractivity contribution in [2.24, 2.45) is 0 Å². The Labute approximate surface area is 112 Å². The van der Waals surface area contributed by atoms with Gasteiger partial charge in [0.2, 0.25) is 0 Å². The largest absolute Gasteiger partial charge is 0.493 e. The second kappa shape index (κ2) is 6.05. The Morgan fingerprint density at radius 3 is 2.21 bits per heavy atom. The van der Waals surface area contributed by atoms with Crippen LogP contribution in [0.3, 0.4) is 0 Å². The summed E-state index contributed by atoms with van der Waals surface area (Å²) in [7, 11) is 1.61. The van der Waals surface area contributed by atoms with Gasteiger partial charge >= 0.3 is 0 Å². The average Bonchev–Trinajstić information content (AvgIpc) is 2.45. The average molecular weight is 256 g/mol. The summed E-state index contributed by atoms with van der Waals surface area (Å²) in [6, 6.07) is 14.9. The van der Waals surface area contributed by atoms with Crippen LogP contribution in [0.15, 0.2) is 48.5 Å². The van der Waals surface area contributed by atoms with Gasteiger partial charge in [0.1, 0.15) is 6.61 Å². The maximum absolute atomic E-state index is 11.2. The van der Waals surface area contributed by atoms with Crippen LogP contribution in [0.5, 0.6) is 11.5 Å². The van der Waals surface area contributed by atoms with Crippen molar-refractivity contribution in [3.63, 3.8) is 0 Å². The number of Topliss-reactive ketones (excluding diaryl/α,β-unsaturated/α-hetero) is 1. The van der Waals surface area contributed by atoms with Crippen LogP contribution in [0.1, 0.15) is 22.8 Å². The first kappa shape index (κ1) is 13.1. The van der Waals surface area contributed by atoms with Gasteiger partial charge < -0.3 is 9.47 Å². The normalized spacial score (nSPS) is 10.0. The molecule has 0 bridgehead atoms. The van der Waals surface area contributed by atoms with Crippen molar-refractivity contribution in [1.82, 2.24) is 0 Å². The molecule has 0 N–H and O–H groups in total. The molecule has 98 valence electrons. The zero-order valence-electron chi connectivity index (χ0n) is 11.1. The topological polar surface area (TPSA) is 35.5 Å². The van der Waals surface area contributed by atoms with Gasteiger partial charge in [-0.3, -0.25) is 4.79 Å². The second-order valence-electron chi connectivity index (χ2n) is 4.19. The van der Waals surface area contributed by atoms with Gasteiger partial charge in [0, 0.05) is 5.56 Å². The van der Waals surface area contributed by atoms with E-state index in [9.17, 15) is 4.79 Å². The monoisotopic (exact) mass is 256 g/mol. The number of carbonyl (C=O) groups is 1. The number of carbonyl (C=O) groups excluding carboxylic acids is 1. The first-order valence-electron chi connectivity index (χ1n) is 6.06. The van der Waals surface area contributed by atoms with Crippen LogP contribution >= 0.6 is 0 Å². The molecule has 0 unspecified atom stereocenters. The molecule has 0 radical (unpaired) electrons. The first-order valence-corrected chi connectivity index (χ1v) is 6.06. The summed E-state index contributed by atoms with van der Waals surface area (Å²) >= 11 is 0. The van der Waals surface area contributed by atoms with Gasteiger partial charge in [0.05, 0.1) is 7.11 Å². The lowest BCUT2D eigenvalue weighted by Gasteiger charge is -2.10. The first-order chi connectivity index (χ1) is 9.20. The van der Waals surface area contributed by atoms with Crippen molar-refractivity contribution in [3.05, 3.63) is 59.7 Å². The lowest BCUT2D eigenvalue weighted by molar-refractivity contribution is 0.101. The predicted octanol–water partition coefficient (Wildman–Crippen LogP) is 3.48. The Morgan fingerprint density at radius 1 is 1.00 bits per heavy atom. The maximum Gasteiger partial charge on any atom is 0.161 e. The van der Waals surface area contributed by atoms with Crippen molar-refractivity contribution in [3.8, 4) is 11.5 Å². The third-order valence-corrected chi connectivity index (χ3v) is 2.82. The van der Waals surface area contributed by atoms with Gasteiger partial charge in [-0.05, 0) is 24.6 Å². The zero-order valence-corrected chi connectivity index (χ0v) is 11.1. The molecule has 0 fully saturated rings. The van der Waals surface area contributed by atoms with Crippen LogP contribution in [-0.2, 0) is 6.61 Å². The molecular weight excluding hydrogens is 240 g/mol. The Kier molecular flexibility index (Phi) is 4.18. The Morgan fingerprint density at radius 2 is 1.63 bits per heavy atom. The fourth-order valence-electron chi connectivity index (χ4n) is 1.73. The molecule has 0 heterocycles. The molecule has 0 saturated carbocycles. The number of ketones is 1. The highest BCUT2D eigenvalue weighted by molar-refractivity contribution is 5.93. The van der Waals surface area contributed by atoms with E-state index in [4.69, 9.17) is 9.47 Å². The molecule has 2 aromatic carbocycles. The fraction of sp³-hybridized carbons (Fsp3) is 0.188. The summed E-state index contributed by atoms with van der Waals surface area (Å²) in [5.74, 6) is 1.49. The summed E-state index contributed by atoms with van der Waals surface area (Å²) in [4.78, 5) is 11.2. The molecule has 0 aromatic heterocycles. The second-order valence-corrected chi connectivity index (χ2v) is 4.19. The lowest BCUT2D eigenvalue weighted by atomic mass is 10.1. The Bertz CT molecular complexity index is 558. The number of hydrogen-bond donors (Lipinski definition) is 0. The van der Waals surface area contributed by atoms with E-state index in [1.807, 2.05) is 48.5 Å². The molecule has 3 heteroatoms. The van der Waals surface area contributed by atoms with Crippen LogP contribution in [0, 0.1) is 0 Å². The summed E-state index contributed by atoms with van der Waals surface area (Å²) < 4.78 is 10.9. The van der Waals surface area contributed by atoms with E-state index in [0.29, 0.717) is 23.7 Å². The van der Waals surface area contributed by atoms with Crippen LogP contribution < -0.4 is 9.47 Å². The van der Waals surface area contributed by atoms with E-state index in [2.05, 4.69) is 0 Å². The van der Waals surface area contributed by atoms with Gasteiger partial charge in [-0.25, -0.2) is 0 Å². The van der Waals surface area contributed by atoms with E-state index >= 15 is 0 Å². The molecule has 0 aliphatic heterocycles. The lowest BCUT2D eigenvalue weighted by Crippen LogP contribution is -1.98. The minimum atomic E-state index is 0.0668. The minimum Gasteiger partial charge on any atom is -0.493 e. The van der Waals surface area contributed by atoms with E-state index in [1.165, 1.54) is 0 Å². The van der Waals surface area contributed by atoms with Crippen LogP contribution in [0.2, 0.25) is 0 Å². The van der Waals surface area contributed by atoms with E-state index in [-0.39, 0.29) is 5.78 Å². The fourth-order valence-corrected chi connectivity index (χ4v) is 1.73. The molecular formula is C16H16O3. The molecule has 0 saturated heterocycles. The van der Waals surface area contributed by atoms with Crippen molar-refractivity contribution in [1.29, 1.82) is 0 Å². The van der Waals surface area contributed by atoms with Crippen molar-refractivity contribution in [2.75, 3.05) is 7.11 Å². The molecule has 0 spiro atoms. The minimum absolute atomic E-state index is 0.0668. The van der Waals surface area contributed by atoms with E-state index < -0.39 is 0 Å². The third-order valence-electron chi connectivity index (χ3n) is 2.82. The molecule has 0 aliphatic carbocycles. The molecule has 2 rings (SSSR count). The molecule has 19 heavy (non-hydrogen) atoms. The third kappa shape index (κ3) is 3.35. The summed E-state index contributed by atoms with van der Waals surface area (Å²) in [6.07, 6.45) is 0. The summed E-state index contributed by atoms with van der Waals surface area (Å²) in [6.45, 7) is 2.00. The number of hydrogen-bond acceptors (Lipinski definition) is 3. The summed E-state index contributed by atoms with van der Waals surface area (Å²) in [5.41, 5.74) is 1.72. The van der Waals surface area contributed by atoms with Crippen molar-refractivity contribution in [2.45, 2.75) is 13.5 Å². The molecule has 0 amide bonds. The predicted molar refractivity (Wildman–Crippen MR) is 73.8 cm³/mol. The van der Waals surface area contributed by atoms with Gasteiger partial charge in [0.15, 0.2) is 17.3 Å². The number of benzene rings is 2. The smallest absolute Gasteiger partial charge is 0.161 e. The van der Waals surface area contributed by atoms with Crippen molar-refractivity contribution >= 4 is 5.78 Å². The Balaban J connectivity index is 2.04. The number of ether oxygens (including phenoxy) is 2. The zero-order chi connectivity index (χ0) is 13.7. The highest BCUT2D eigenvalue weighted by atomic mass is 16.5.